The second-order valence-electron chi connectivity index (χ2n) is 10.2. The normalized spacial score (nSPS) is 11.1. The molecule has 0 atom stereocenters. The van der Waals surface area contributed by atoms with Crippen molar-refractivity contribution in [3.8, 4) is 22.6 Å². The quantitative estimate of drug-likeness (QED) is 0.0544. The van der Waals surface area contributed by atoms with Gasteiger partial charge in [-0.3, -0.25) is 9.59 Å². The van der Waals surface area contributed by atoms with E-state index in [-0.39, 0.29) is 24.6 Å². The lowest BCUT2D eigenvalue weighted by Crippen LogP contribution is -2.10. The molecule has 0 aliphatic carbocycles. The molecule has 0 unspecified atom stereocenters. The Morgan fingerprint density at radius 1 is 0.581 bits per heavy atom. The van der Waals surface area contributed by atoms with Crippen LogP contribution >= 0.6 is 0 Å². The number of esters is 1. The molecule has 0 radical (unpaired) electrons. The van der Waals surface area contributed by atoms with Crippen molar-refractivity contribution in [2.45, 2.75) is 25.7 Å². The molecule has 6 heteroatoms. The molecule has 6 nitrogen and oxygen atoms in total. The molecule has 0 N–H and O–H groups in total. The number of carbonyl (C=O) groups excluding carboxylic acids is 2. The number of benzene rings is 5. The van der Waals surface area contributed by atoms with Crippen LogP contribution in [0.5, 0.6) is 11.5 Å². The maximum atomic E-state index is 13.1. The van der Waals surface area contributed by atoms with Gasteiger partial charge in [0.1, 0.15) is 11.5 Å². The lowest BCUT2D eigenvalue weighted by Gasteiger charge is -2.19. The van der Waals surface area contributed by atoms with Crippen molar-refractivity contribution in [2.75, 3.05) is 33.5 Å². The maximum absolute atomic E-state index is 13.1. The molecule has 0 fully saturated rings. The average molecular weight is 577 g/mol. The first-order chi connectivity index (χ1) is 21.2. The molecule has 43 heavy (non-hydrogen) atoms. The summed E-state index contributed by atoms with van der Waals surface area (Å²) in [5.41, 5.74) is 2.32. The molecular formula is C37H36O6. The van der Waals surface area contributed by atoms with E-state index in [4.69, 9.17) is 18.9 Å². The van der Waals surface area contributed by atoms with Crippen LogP contribution in [-0.2, 0) is 14.3 Å². The molecule has 0 saturated carbocycles. The first kappa shape index (κ1) is 30.0. The van der Waals surface area contributed by atoms with Crippen LogP contribution in [0.25, 0.3) is 32.7 Å². The van der Waals surface area contributed by atoms with E-state index in [0.717, 1.165) is 39.1 Å². The number of hydrogen-bond acceptors (Lipinski definition) is 6. The zero-order valence-electron chi connectivity index (χ0n) is 24.4. The number of methoxy groups -OCH3 is 1. The maximum Gasteiger partial charge on any atom is 0.311 e. The second kappa shape index (κ2) is 15.1. The van der Waals surface area contributed by atoms with E-state index in [1.807, 2.05) is 78.9 Å². The van der Waals surface area contributed by atoms with Crippen molar-refractivity contribution < 1.29 is 28.5 Å². The van der Waals surface area contributed by atoms with Gasteiger partial charge in [0.2, 0.25) is 0 Å². The summed E-state index contributed by atoms with van der Waals surface area (Å²) in [4.78, 5) is 25.7. The number of fused-ring (bicyclic) bond motifs is 2. The SMILES string of the molecule is COCCOCCCOc1ccc2ccccc2c1-c1c(OC(=O)CCCC(=O)c2ccccc2)ccc2ccccc12. The van der Waals surface area contributed by atoms with Crippen LogP contribution in [0.2, 0.25) is 0 Å². The zero-order valence-corrected chi connectivity index (χ0v) is 24.4. The Labute approximate surface area is 252 Å². The number of ketones is 1. The minimum absolute atomic E-state index is 0.0152. The predicted octanol–water partition coefficient (Wildman–Crippen LogP) is 8.05. The summed E-state index contributed by atoms with van der Waals surface area (Å²) in [5, 5.41) is 4.03. The summed E-state index contributed by atoms with van der Waals surface area (Å²) in [6.45, 7) is 2.13. The van der Waals surface area contributed by atoms with Gasteiger partial charge >= 0.3 is 5.97 Å². The van der Waals surface area contributed by atoms with Crippen LogP contribution in [0, 0.1) is 0 Å². The fourth-order valence-corrected chi connectivity index (χ4v) is 5.15. The largest absolute Gasteiger partial charge is 0.493 e. The summed E-state index contributed by atoms with van der Waals surface area (Å²) in [6, 6.07) is 33.2. The molecule has 0 amide bonds. The van der Waals surface area contributed by atoms with Gasteiger partial charge in [0.25, 0.3) is 0 Å². The molecular weight excluding hydrogens is 540 g/mol. The molecule has 0 saturated heterocycles. The van der Waals surface area contributed by atoms with Crippen molar-refractivity contribution in [1.29, 1.82) is 0 Å². The van der Waals surface area contributed by atoms with Gasteiger partial charge in [-0.25, -0.2) is 0 Å². The number of carbonyl (C=O) groups is 2. The lowest BCUT2D eigenvalue weighted by atomic mass is 9.92. The van der Waals surface area contributed by atoms with Gasteiger partial charge in [0.15, 0.2) is 5.78 Å². The van der Waals surface area contributed by atoms with Crippen molar-refractivity contribution in [1.82, 2.24) is 0 Å². The molecule has 5 aromatic carbocycles. The minimum Gasteiger partial charge on any atom is -0.493 e. The zero-order chi connectivity index (χ0) is 29.9. The van der Waals surface area contributed by atoms with E-state index < -0.39 is 0 Å². The fraction of sp³-hybridized carbons (Fsp3) is 0.243. The van der Waals surface area contributed by atoms with Gasteiger partial charge in [0, 0.05) is 49.7 Å². The van der Waals surface area contributed by atoms with E-state index >= 15 is 0 Å². The van der Waals surface area contributed by atoms with Crippen LogP contribution in [0.15, 0.2) is 103 Å². The Kier molecular flexibility index (Phi) is 10.5. The third-order valence-corrected chi connectivity index (χ3v) is 7.26. The molecule has 5 rings (SSSR count). The monoisotopic (exact) mass is 576 g/mol. The van der Waals surface area contributed by atoms with E-state index in [0.29, 0.717) is 49.9 Å². The fourth-order valence-electron chi connectivity index (χ4n) is 5.15. The Balaban J connectivity index is 1.42. The Morgan fingerprint density at radius 3 is 1.91 bits per heavy atom. The number of rotatable bonds is 15. The highest BCUT2D eigenvalue weighted by Gasteiger charge is 2.21. The van der Waals surface area contributed by atoms with Gasteiger partial charge in [-0.2, -0.15) is 0 Å². The molecule has 0 aromatic heterocycles. The highest BCUT2D eigenvalue weighted by atomic mass is 16.5. The molecule has 0 spiro atoms. The molecule has 0 aliphatic heterocycles. The second-order valence-corrected chi connectivity index (χ2v) is 10.2. The van der Waals surface area contributed by atoms with E-state index in [1.165, 1.54) is 0 Å². The summed E-state index contributed by atoms with van der Waals surface area (Å²) < 4.78 is 23.0. The molecule has 0 heterocycles. The van der Waals surface area contributed by atoms with Crippen LogP contribution in [0.1, 0.15) is 36.0 Å². The first-order valence-corrected chi connectivity index (χ1v) is 14.7. The Morgan fingerprint density at radius 2 is 1.21 bits per heavy atom. The number of Topliss-reactive ketones (excluding diaryl/α,β-unsaturated/α-hetero) is 1. The van der Waals surface area contributed by atoms with Crippen molar-refractivity contribution in [3.05, 3.63) is 109 Å². The standard InChI is InChI=1S/C37H36O6/c1-40-25-26-41-23-10-24-42-33-21-19-27-11-5-7-15-30(27)36(33)37-31-16-8-6-12-28(31)20-22-34(37)43-35(39)18-9-17-32(38)29-13-3-2-4-14-29/h2-8,11-16,19-22H,9-10,17-18,23-26H2,1H3. The van der Waals surface area contributed by atoms with Crippen molar-refractivity contribution in [3.63, 3.8) is 0 Å². The Hall–Kier alpha value is -4.52. The van der Waals surface area contributed by atoms with E-state index in [9.17, 15) is 9.59 Å². The van der Waals surface area contributed by atoms with Gasteiger partial charge < -0.3 is 18.9 Å². The van der Waals surface area contributed by atoms with Gasteiger partial charge in [-0.15, -0.1) is 0 Å². The van der Waals surface area contributed by atoms with E-state index in [1.54, 1.807) is 19.2 Å². The Bertz CT molecular complexity index is 1680. The summed E-state index contributed by atoms with van der Waals surface area (Å²) in [6.07, 6.45) is 1.53. The minimum atomic E-state index is -0.381. The summed E-state index contributed by atoms with van der Waals surface area (Å²) >= 11 is 0. The average Bonchev–Trinajstić information content (AvgIpc) is 3.04. The molecule has 220 valence electrons. The summed E-state index contributed by atoms with van der Waals surface area (Å²) in [5.74, 6) is 0.801. The summed E-state index contributed by atoms with van der Waals surface area (Å²) in [7, 11) is 1.65. The smallest absolute Gasteiger partial charge is 0.311 e. The van der Waals surface area contributed by atoms with Gasteiger partial charge in [-0.05, 0) is 40.1 Å². The molecule has 0 aliphatic rings. The molecule has 0 bridgehead atoms. The van der Waals surface area contributed by atoms with E-state index in [2.05, 4.69) is 12.1 Å². The topological polar surface area (TPSA) is 71.1 Å². The van der Waals surface area contributed by atoms with Crippen LogP contribution in [0.4, 0.5) is 0 Å². The van der Waals surface area contributed by atoms with Crippen molar-refractivity contribution >= 4 is 33.3 Å². The third kappa shape index (κ3) is 7.66. The number of ether oxygens (including phenoxy) is 4. The van der Waals surface area contributed by atoms with Crippen molar-refractivity contribution in [2.24, 2.45) is 0 Å². The highest BCUT2D eigenvalue weighted by Crippen LogP contribution is 2.45. The first-order valence-electron chi connectivity index (χ1n) is 14.7. The predicted molar refractivity (Wildman–Crippen MR) is 170 cm³/mol. The lowest BCUT2D eigenvalue weighted by molar-refractivity contribution is -0.134. The third-order valence-electron chi connectivity index (χ3n) is 7.26. The van der Waals surface area contributed by atoms with Gasteiger partial charge in [0.05, 0.1) is 19.8 Å². The number of hydrogen-bond donors (Lipinski definition) is 0. The van der Waals surface area contributed by atoms with Crippen LogP contribution < -0.4 is 9.47 Å². The highest BCUT2D eigenvalue weighted by molar-refractivity contribution is 6.10. The van der Waals surface area contributed by atoms with Crippen LogP contribution in [0.3, 0.4) is 0 Å². The van der Waals surface area contributed by atoms with Crippen LogP contribution in [-0.4, -0.2) is 45.3 Å². The molecule has 5 aromatic rings. The van der Waals surface area contributed by atoms with Gasteiger partial charge in [-0.1, -0.05) is 91.0 Å².